The molecule has 0 bridgehead atoms. The van der Waals surface area contributed by atoms with E-state index in [0.717, 1.165) is 16.4 Å². The zero-order chi connectivity index (χ0) is 26.2. The number of para-hydroxylation sites is 1. The molecule has 0 saturated heterocycles. The second-order valence-electron chi connectivity index (χ2n) is 8.43. The number of carbonyl (C=O) groups excluding carboxylic acids is 2. The van der Waals surface area contributed by atoms with E-state index in [-0.39, 0.29) is 17.1 Å². The van der Waals surface area contributed by atoms with Gasteiger partial charge >= 0.3 is 0 Å². The SMILES string of the molecule is CCC(Sc1nnc(CSc2ccc(C)cc2)n1-c1ccccc1)C(=O)Nc1ccc(NC(C)=O)cc1. The maximum atomic E-state index is 13.1. The molecule has 0 aliphatic rings. The lowest BCUT2D eigenvalue weighted by molar-refractivity contribution is -0.116. The molecule has 1 aromatic heterocycles. The van der Waals surface area contributed by atoms with Crippen LogP contribution >= 0.6 is 23.5 Å². The third-order valence-electron chi connectivity index (χ3n) is 5.49. The molecule has 190 valence electrons. The minimum Gasteiger partial charge on any atom is -0.326 e. The molecule has 37 heavy (non-hydrogen) atoms. The van der Waals surface area contributed by atoms with Crippen molar-refractivity contribution in [3.8, 4) is 5.69 Å². The van der Waals surface area contributed by atoms with Gasteiger partial charge in [-0.25, -0.2) is 0 Å². The van der Waals surface area contributed by atoms with Crippen molar-refractivity contribution in [3.05, 3.63) is 90.3 Å². The highest BCUT2D eigenvalue weighted by atomic mass is 32.2. The Morgan fingerprint density at radius 2 is 1.54 bits per heavy atom. The number of carbonyl (C=O) groups is 2. The number of thioether (sulfide) groups is 2. The smallest absolute Gasteiger partial charge is 0.237 e. The quantitative estimate of drug-likeness (QED) is 0.232. The van der Waals surface area contributed by atoms with Crippen molar-refractivity contribution >= 4 is 46.7 Å². The summed E-state index contributed by atoms with van der Waals surface area (Å²) in [6.45, 7) is 5.51. The average molecular weight is 532 g/mol. The molecule has 0 spiro atoms. The van der Waals surface area contributed by atoms with Crippen molar-refractivity contribution in [1.82, 2.24) is 14.8 Å². The number of anilines is 2. The topological polar surface area (TPSA) is 88.9 Å². The van der Waals surface area contributed by atoms with Crippen LogP contribution in [0.5, 0.6) is 0 Å². The highest BCUT2D eigenvalue weighted by Gasteiger charge is 2.23. The standard InChI is InChI=1S/C28H29N5O2S2/c1-4-25(27(35)30-22-14-12-21(13-15-22)29-20(3)34)37-28-32-31-26(33(28)23-8-6-5-7-9-23)18-36-24-16-10-19(2)11-17-24/h5-17,25H,4,18H2,1-3H3,(H,29,34)(H,30,35). The Morgan fingerprint density at radius 3 is 2.16 bits per heavy atom. The fraction of sp³-hybridized carbons (Fsp3) is 0.214. The van der Waals surface area contributed by atoms with Gasteiger partial charge in [0.1, 0.15) is 5.82 Å². The molecule has 1 heterocycles. The highest BCUT2D eigenvalue weighted by molar-refractivity contribution is 8.00. The molecule has 1 atom stereocenters. The van der Waals surface area contributed by atoms with E-state index in [0.29, 0.717) is 28.7 Å². The van der Waals surface area contributed by atoms with Crippen molar-refractivity contribution in [2.24, 2.45) is 0 Å². The van der Waals surface area contributed by atoms with Crippen LogP contribution in [0.1, 0.15) is 31.7 Å². The molecule has 9 heteroatoms. The Morgan fingerprint density at radius 1 is 0.892 bits per heavy atom. The molecular formula is C28H29N5O2S2. The fourth-order valence-electron chi connectivity index (χ4n) is 3.60. The molecule has 4 aromatic rings. The number of aromatic nitrogens is 3. The summed E-state index contributed by atoms with van der Waals surface area (Å²) in [6.07, 6.45) is 0.621. The first-order chi connectivity index (χ1) is 17.9. The predicted molar refractivity (Wildman–Crippen MR) is 151 cm³/mol. The van der Waals surface area contributed by atoms with E-state index in [2.05, 4.69) is 52.0 Å². The average Bonchev–Trinajstić information content (AvgIpc) is 3.30. The lowest BCUT2D eigenvalue weighted by Gasteiger charge is -2.16. The van der Waals surface area contributed by atoms with Crippen LogP contribution < -0.4 is 10.6 Å². The maximum Gasteiger partial charge on any atom is 0.237 e. The Kier molecular flexibility index (Phi) is 9.03. The number of nitrogens with zero attached hydrogens (tertiary/aromatic N) is 3. The normalized spacial score (nSPS) is 11.6. The summed E-state index contributed by atoms with van der Waals surface area (Å²) in [5.74, 6) is 1.22. The number of aryl methyl sites for hydroxylation is 1. The first-order valence-corrected chi connectivity index (χ1v) is 13.8. The summed E-state index contributed by atoms with van der Waals surface area (Å²) in [5.41, 5.74) is 3.53. The van der Waals surface area contributed by atoms with Gasteiger partial charge in [-0.15, -0.1) is 22.0 Å². The first kappa shape index (κ1) is 26.5. The van der Waals surface area contributed by atoms with Crippen molar-refractivity contribution in [1.29, 1.82) is 0 Å². The van der Waals surface area contributed by atoms with E-state index in [4.69, 9.17) is 0 Å². The van der Waals surface area contributed by atoms with Gasteiger partial charge in [0.05, 0.1) is 11.0 Å². The largest absolute Gasteiger partial charge is 0.326 e. The molecule has 2 amide bonds. The Balaban J connectivity index is 1.51. The van der Waals surface area contributed by atoms with Gasteiger partial charge in [-0.2, -0.15) is 0 Å². The van der Waals surface area contributed by atoms with Gasteiger partial charge in [-0.1, -0.05) is 54.6 Å². The van der Waals surface area contributed by atoms with Crippen LogP contribution in [0.15, 0.2) is 88.9 Å². The zero-order valence-electron chi connectivity index (χ0n) is 21.0. The Bertz CT molecular complexity index is 1340. The van der Waals surface area contributed by atoms with Gasteiger partial charge in [0.15, 0.2) is 5.16 Å². The van der Waals surface area contributed by atoms with Crippen LogP contribution in [-0.4, -0.2) is 31.8 Å². The van der Waals surface area contributed by atoms with Crippen molar-refractivity contribution in [2.45, 2.75) is 48.2 Å². The van der Waals surface area contributed by atoms with E-state index in [1.807, 2.05) is 41.8 Å². The third-order valence-corrected chi connectivity index (χ3v) is 7.80. The lowest BCUT2D eigenvalue weighted by atomic mass is 10.2. The van der Waals surface area contributed by atoms with E-state index >= 15 is 0 Å². The number of rotatable bonds is 10. The van der Waals surface area contributed by atoms with Crippen LogP contribution in [0.4, 0.5) is 11.4 Å². The van der Waals surface area contributed by atoms with Crippen LogP contribution in [0.2, 0.25) is 0 Å². The summed E-state index contributed by atoms with van der Waals surface area (Å²) < 4.78 is 2.03. The fourth-order valence-corrected chi connectivity index (χ4v) is 5.40. The Labute approximate surface area is 225 Å². The molecule has 1 unspecified atom stereocenters. The number of hydrogen-bond donors (Lipinski definition) is 2. The summed E-state index contributed by atoms with van der Waals surface area (Å²) >= 11 is 3.11. The molecule has 0 saturated carbocycles. The van der Waals surface area contributed by atoms with Crippen molar-refractivity contribution in [2.75, 3.05) is 10.6 Å². The molecule has 7 nitrogen and oxygen atoms in total. The van der Waals surface area contributed by atoms with Gasteiger partial charge in [0, 0.05) is 28.9 Å². The molecular weight excluding hydrogens is 502 g/mol. The van der Waals surface area contributed by atoms with Crippen LogP contribution in [0.3, 0.4) is 0 Å². The second kappa shape index (κ2) is 12.6. The molecule has 0 fully saturated rings. The van der Waals surface area contributed by atoms with Crippen molar-refractivity contribution < 1.29 is 9.59 Å². The summed E-state index contributed by atoms with van der Waals surface area (Å²) in [4.78, 5) is 25.5. The van der Waals surface area contributed by atoms with Gasteiger partial charge in [-0.05, 0) is 61.9 Å². The van der Waals surface area contributed by atoms with Crippen molar-refractivity contribution in [3.63, 3.8) is 0 Å². The highest BCUT2D eigenvalue weighted by Crippen LogP contribution is 2.31. The third kappa shape index (κ3) is 7.24. The van der Waals surface area contributed by atoms with E-state index in [1.165, 1.54) is 24.2 Å². The molecule has 0 aliphatic heterocycles. The molecule has 4 rings (SSSR count). The van der Waals surface area contributed by atoms with Crippen LogP contribution in [0, 0.1) is 6.92 Å². The Hall–Kier alpha value is -3.56. The van der Waals surface area contributed by atoms with Crippen LogP contribution in [-0.2, 0) is 15.3 Å². The van der Waals surface area contributed by atoms with Gasteiger partial charge in [-0.3, -0.25) is 14.2 Å². The van der Waals surface area contributed by atoms with Gasteiger partial charge in [0.25, 0.3) is 0 Å². The van der Waals surface area contributed by atoms with Gasteiger partial charge in [0.2, 0.25) is 11.8 Å². The van der Waals surface area contributed by atoms with E-state index in [1.54, 1.807) is 36.0 Å². The monoisotopic (exact) mass is 531 g/mol. The second-order valence-corrected chi connectivity index (χ2v) is 10.7. The van der Waals surface area contributed by atoms with Gasteiger partial charge < -0.3 is 10.6 Å². The molecule has 2 N–H and O–H groups in total. The minimum absolute atomic E-state index is 0.113. The summed E-state index contributed by atoms with van der Waals surface area (Å²) in [6, 6.07) is 25.5. The maximum absolute atomic E-state index is 13.1. The van der Waals surface area contributed by atoms with E-state index < -0.39 is 0 Å². The van der Waals surface area contributed by atoms with E-state index in [9.17, 15) is 9.59 Å². The predicted octanol–water partition coefficient (Wildman–Crippen LogP) is 6.34. The minimum atomic E-state index is -0.362. The number of amides is 2. The molecule has 0 aliphatic carbocycles. The number of nitrogens with one attached hydrogen (secondary N) is 2. The first-order valence-electron chi connectivity index (χ1n) is 12.0. The molecule has 0 radical (unpaired) electrons. The number of benzene rings is 3. The zero-order valence-corrected chi connectivity index (χ0v) is 22.6. The summed E-state index contributed by atoms with van der Waals surface area (Å²) in [7, 11) is 0. The van der Waals surface area contributed by atoms with Crippen LogP contribution in [0.25, 0.3) is 5.69 Å². The lowest BCUT2D eigenvalue weighted by Crippen LogP contribution is -2.25. The number of hydrogen-bond acceptors (Lipinski definition) is 6. The summed E-state index contributed by atoms with van der Waals surface area (Å²) in [5, 5.41) is 15.0. The molecule has 3 aromatic carbocycles.